The molecule has 4 rings (SSSR count). The van der Waals surface area contributed by atoms with Crippen LogP contribution >= 0.6 is 23.8 Å². The maximum Gasteiger partial charge on any atom is 0.257 e. The van der Waals surface area contributed by atoms with Crippen molar-refractivity contribution in [1.29, 1.82) is 0 Å². The summed E-state index contributed by atoms with van der Waals surface area (Å²) in [6.45, 7) is 2.07. The monoisotopic (exact) mass is 451 g/mol. The quantitative estimate of drug-likeness (QED) is 0.353. The number of phenolic OH excluding ortho intramolecular Hbond substituents is 1. The summed E-state index contributed by atoms with van der Waals surface area (Å²) >= 11 is 11.1. The number of aromatic hydroxyl groups is 1. The number of anilines is 1. The summed E-state index contributed by atoms with van der Waals surface area (Å²) < 4.78 is 5.78. The lowest BCUT2D eigenvalue weighted by atomic mass is 10.1. The molecule has 0 aliphatic heterocycles. The summed E-state index contributed by atoms with van der Waals surface area (Å²) in [6, 6.07) is 17.2. The van der Waals surface area contributed by atoms with E-state index < -0.39 is 5.91 Å². The van der Waals surface area contributed by atoms with Crippen molar-refractivity contribution in [2.24, 2.45) is 0 Å². The number of nitrogens with one attached hydrogen (secondary N) is 2. The van der Waals surface area contributed by atoms with Gasteiger partial charge in [-0.05, 0) is 66.7 Å². The number of halogens is 1. The number of fused-ring (bicyclic) bond motifs is 1. The normalized spacial score (nSPS) is 10.8. The molecule has 31 heavy (non-hydrogen) atoms. The fourth-order valence-electron chi connectivity index (χ4n) is 3.07. The number of aromatic nitrogens is 1. The highest BCUT2D eigenvalue weighted by atomic mass is 35.5. The molecule has 3 N–H and O–H groups in total. The fourth-order valence-corrected chi connectivity index (χ4v) is 3.47. The van der Waals surface area contributed by atoms with Crippen LogP contribution in [0.4, 0.5) is 5.69 Å². The van der Waals surface area contributed by atoms with Crippen molar-refractivity contribution >= 4 is 51.6 Å². The molecule has 0 radical (unpaired) electrons. The summed E-state index contributed by atoms with van der Waals surface area (Å²) in [5.74, 6) is -0.0980. The topological polar surface area (TPSA) is 87.4 Å². The van der Waals surface area contributed by atoms with Crippen LogP contribution in [-0.4, -0.2) is 21.1 Å². The minimum absolute atomic E-state index is 0.0313. The number of hydrogen-bond donors (Lipinski definition) is 3. The Hall–Kier alpha value is -3.42. The maximum absolute atomic E-state index is 12.3. The Labute approximate surface area is 188 Å². The van der Waals surface area contributed by atoms with E-state index >= 15 is 0 Å². The van der Waals surface area contributed by atoms with Gasteiger partial charge in [0.15, 0.2) is 10.7 Å². The first-order valence-electron chi connectivity index (χ1n) is 9.53. The third kappa shape index (κ3) is 4.68. The van der Waals surface area contributed by atoms with Crippen LogP contribution in [0.2, 0.25) is 5.02 Å². The number of phenols is 1. The zero-order chi connectivity index (χ0) is 22.0. The molecular weight excluding hydrogens is 434 g/mol. The van der Waals surface area contributed by atoms with Crippen LogP contribution in [0.3, 0.4) is 0 Å². The largest absolute Gasteiger partial charge is 0.507 e. The predicted octanol–water partition coefficient (Wildman–Crippen LogP) is 5.54. The molecule has 156 valence electrons. The van der Waals surface area contributed by atoms with E-state index in [1.807, 2.05) is 18.2 Å². The Balaban J connectivity index is 1.48. The van der Waals surface area contributed by atoms with Crippen LogP contribution in [0.15, 0.2) is 65.1 Å². The van der Waals surface area contributed by atoms with Gasteiger partial charge < -0.3 is 14.8 Å². The van der Waals surface area contributed by atoms with Crippen molar-refractivity contribution in [2.75, 3.05) is 5.32 Å². The van der Waals surface area contributed by atoms with Gasteiger partial charge in [-0.3, -0.25) is 10.1 Å². The van der Waals surface area contributed by atoms with Gasteiger partial charge in [-0.25, -0.2) is 4.98 Å². The molecule has 0 fully saturated rings. The number of amides is 1. The smallest absolute Gasteiger partial charge is 0.257 e. The molecule has 0 unspecified atom stereocenters. The third-order valence-corrected chi connectivity index (χ3v) is 5.10. The number of benzene rings is 3. The Morgan fingerprint density at radius 1 is 1.16 bits per heavy atom. The van der Waals surface area contributed by atoms with Gasteiger partial charge in [-0.15, -0.1) is 0 Å². The van der Waals surface area contributed by atoms with E-state index in [1.165, 1.54) is 6.07 Å². The highest BCUT2D eigenvalue weighted by Crippen LogP contribution is 2.33. The van der Waals surface area contributed by atoms with Crippen molar-refractivity contribution in [3.63, 3.8) is 0 Å². The third-order valence-electron chi connectivity index (χ3n) is 4.66. The van der Waals surface area contributed by atoms with Crippen molar-refractivity contribution in [2.45, 2.75) is 13.3 Å². The van der Waals surface area contributed by atoms with Crippen molar-refractivity contribution in [1.82, 2.24) is 10.3 Å². The van der Waals surface area contributed by atoms with E-state index in [9.17, 15) is 9.90 Å². The average molecular weight is 452 g/mol. The van der Waals surface area contributed by atoms with E-state index in [2.05, 4.69) is 22.5 Å². The Bertz CT molecular complexity index is 1300. The molecule has 1 heterocycles. The van der Waals surface area contributed by atoms with Crippen LogP contribution in [-0.2, 0) is 6.42 Å². The van der Waals surface area contributed by atoms with Gasteiger partial charge in [0.2, 0.25) is 5.89 Å². The lowest BCUT2D eigenvalue weighted by Gasteiger charge is -2.11. The Morgan fingerprint density at radius 3 is 2.74 bits per heavy atom. The second kappa shape index (κ2) is 8.75. The Kier molecular flexibility index (Phi) is 5.88. The van der Waals surface area contributed by atoms with E-state index in [0.29, 0.717) is 33.3 Å². The number of rotatable bonds is 4. The van der Waals surface area contributed by atoms with Gasteiger partial charge in [0.25, 0.3) is 5.91 Å². The number of hydrogen-bond acceptors (Lipinski definition) is 5. The van der Waals surface area contributed by atoms with Crippen LogP contribution in [0.1, 0.15) is 22.8 Å². The molecule has 0 bridgehead atoms. The summed E-state index contributed by atoms with van der Waals surface area (Å²) in [7, 11) is 0. The van der Waals surface area contributed by atoms with Crippen LogP contribution in [0.25, 0.3) is 22.6 Å². The molecule has 8 heteroatoms. The number of nitrogens with zero attached hydrogens (tertiary/aromatic N) is 1. The highest BCUT2D eigenvalue weighted by Gasteiger charge is 2.14. The first-order valence-corrected chi connectivity index (χ1v) is 10.3. The number of oxazole rings is 1. The van der Waals surface area contributed by atoms with Gasteiger partial charge in [-0.2, -0.15) is 0 Å². The van der Waals surface area contributed by atoms with Crippen molar-refractivity contribution in [3.05, 3.63) is 76.8 Å². The molecule has 6 nitrogen and oxygen atoms in total. The van der Waals surface area contributed by atoms with Gasteiger partial charge in [0.1, 0.15) is 11.3 Å². The number of carbonyl (C=O) groups excluding carboxylic acids is 1. The van der Waals surface area contributed by atoms with Gasteiger partial charge in [-0.1, -0.05) is 30.7 Å². The molecule has 0 saturated heterocycles. The minimum Gasteiger partial charge on any atom is -0.507 e. The van der Waals surface area contributed by atoms with Crippen LogP contribution in [0, 0.1) is 0 Å². The zero-order valence-electron chi connectivity index (χ0n) is 16.5. The summed E-state index contributed by atoms with van der Waals surface area (Å²) in [4.78, 5) is 16.7. The molecule has 4 aromatic rings. The second-order valence-electron chi connectivity index (χ2n) is 6.83. The molecule has 1 aromatic heterocycles. The number of carbonyl (C=O) groups is 1. The van der Waals surface area contributed by atoms with E-state index in [-0.39, 0.29) is 10.9 Å². The minimum atomic E-state index is -0.390. The molecule has 0 aliphatic rings. The van der Waals surface area contributed by atoms with Crippen molar-refractivity contribution < 1.29 is 14.3 Å². The maximum atomic E-state index is 12.3. The summed E-state index contributed by atoms with van der Waals surface area (Å²) in [5, 5.41) is 16.5. The number of thiocarbonyl (C=S) groups is 1. The summed E-state index contributed by atoms with van der Waals surface area (Å²) in [5.41, 5.74) is 3.89. The van der Waals surface area contributed by atoms with Crippen LogP contribution in [0.5, 0.6) is 5.75 Å². The summed E-state index contributed by atoms with van der Waals surface area (Å²) in [6.07, 6.45) is 0.900. The second-order valence-corrected chi connectivity index (χ2v) is 7.67. The molecule has 0 atom stereocenters. The SMILES string of the molecule is CCc1ccc2oc(-c3ccc(NC(=S)NC(=O)c4cccc(Cl)c4)cc3O)nc2c1. The predicted molar refractivity (Wildman–Crippen MR) is 126 cm³/mol. The highest BCUT2D eigenvalue weighted by molar-refractivity contribution is 7.80. The average Bonchev–Trinajstić information content (AvgIpc) is 3.16. The Morgan fingerprint density at radius 2 is 2.00 bits per heavy atom. The van der Waals surface area contributed by atoms with E-state index in [1.54, 1.807) is 36.4 Å². The van der Waals surface area contributed by atoms with E-state index in [4.69, 9.17) is 28.2 Å². The van der Waals surface area contributed by atoms with Crippen molar-refractivity contribution in [3.8, 4) is 17.2 Å². The molecule has 3 aromatic carbocycles. The molecule has 0 spiro atoms. The molecule has 0 aliphatic carbocycles. The van der Waals surface area contributed by atoms with Gasteiger partial charge >= 0.3 is 0 Å². The lowest BCUT2D eigenvalue weighted by Crippen LogP contribution is -2.34. The molecular formula is C23H18ClN3O3S. The first-order chi connectivity index (χ1) is 14.9. The van der Waals surface area contributed by atoms with Gasteiger partial charge in [0, 0.05) is 22.3 Å². The standard InChI is InChI=1S/C23H18ClN3O3S/c1-2-13-6-9-20-18(10-13)26-22(30-20)17-8-7-16(12-19(17)28)25-23(31)27-21(29)14-4-3-5-15(24)11-14/h3-12,28H,2H2,1H3,(H2,25,27,29,31). The van der Waals surface area contributed by atoms with E-state index in [0.717, 1.165) is 17.5 Å². The molecule has 0 saturated carbocycles. The lowest BCUT2D eigenvalue weighted by molar-refractivity contribution is 0.0977. The van der Waals surface area contributed by atoms with Gasteiger partial charge in [0.05, 0.1) is 5.56 Å². The zero-order valence-corrected chi connectivity index (χ0v) is 18.1. The number of aryl methyl sites for hydroxylation is 1. The fraction of sp³-hybridized carbons (Fsp3) is 0.0870. The molecule has 1 amide bonds. The van der Waals surface area contributed by atoms with Crippen LogP contribution < -0.4 is 10.6 Å². The first kappa shape index (κ1) is 20.8.